The number of piperidine rings is 1. The van der Waals surface area contributed by atoms with E-state index in [1.54, 1.807) is 0 Å². The molecule has 6 nitrogen and oxygen atoms in total. The molecule has 1 saturated heterocycles. The lowest BCUT2D eigenvalue weighted by molar-refractivity contribution is -0.133. The first kappa shape index (κ1) is 21.5. The van der Waals surface area contributed by atoms with Crippen LogP contribution in [0.4, 0.5) is 0 Å². The maximum absolute atomic E-state index is 13.1. The Kier molecular flexibility index (Phi) is 7.83. The topological polar surface area (TPSA) is 55.5 Å². The molecule has 0 spiro atoms. The van der Waals surface area contributed by atoms with Crippen molar-refractivity contribution < 1.29 is 4.79 Å². The first-order chi connectivity index (χ1) is 14.0. The van der Waals surface area contributed by atoms with E-state index in [0.29, 0.717) is 18.9 Å². The van der Waals surface area contributed by atoms with Crippen LogP contribution in [0.3, 0.4) is 0 Å². The number of hydrogen-bond donors (Lipinski definition) is 1. The van der Waals surface area contributed by atoms with E-state index in [2.05, 4.69) is 50.1 Å². The highest BCUT2D eigenvalue weighted by Gasteiger charge is 2.24. The molecule has 1 aromatic carbocycles. The Morgan fingerprint density at radius 3 is 2.52 bits per heavy atom. The predicted molar refractivity (Wildman–Crippen MR) is 116 cm³/mol. The summed E-state index contributed by atoms with van der Waals surface area (Å²) in [7, 11) is 4.09. The number of imidazole rings is 1. The van der Waals surface area contributed by atoms with E-state index in [9.17, 15) is 4.79 Å². The van der Waals surface area contributed by atoms with Gasteiger partial charge in [-0.3, -0.25) is 9.69 Å². The number of aromatic amines is 1. The zero-order valence-corrected chi connectivity index (χ0v) is 18.1. The number of amides is 1. The third kappa shape index (κ3) is 6.98. The van der Waals surface area contributed by atoms with E-state index in [-0.39, 0.29) is 5.91 Å². The number of likely N-dealkylation sites (tertiary alicyclic amines) is 1. The molecule has 2 aromatic rings. The number of nitrogens with one attached hydrogen (secondary N) is 1. The van der Waals surface area contributed by atoms with Crippen molar-refractivity contribution in [3.8, 4) is 0 Å². The van der Waals surface area contributed by atoms with Gasteiger partial charge in [0.2, 0.25) is 5.91 Å². The molecule has 0 radical (unpaired) electrons. The van der Waals surface area contributed by atoms with Gasteiger partial charge in [0.1, 0.15) is 5.82 Å². The molecular formula is C23H35N5O. The summed E-state index contributed by atoms with van der Waals surface area (Å²) in [6.07, 6.45) is 4.69. The summed E-state index contributed by atoms with van der Waals surface area (Å²) in [5.41, 5.74) is 2.37. The van der Waals surface area contributed by atoms with Crippen molar-refractivity contribution >= 4 is 5.91 Å². The lowest BCUT2D eigenvalue weighted by Gasteiger charge is -2.33. The summed E-state index contributed by atoms with van der Waals surface area (Å²) < 4.78 is 0. The number of benzene rings is 1. The number of likely N-dealkylation sites (N-methyl/N-ethyl adjacent to an activating group) is 1. The van der Waals surface area contributed by atoms with Gasteiger partial charge in [-0.2, -0.15) is 0 Å². The van der Waals surface area contributed by atoms with Crippen LogP contribution in [0.25, 0.3) is 0 Å². The third-order valence-electron chi connectivity index (χ3n) is 5.71. The van der Waals surface area contributed by atoms with E-state index < -0.39 is 0 Å². The quantitative estimate of drug-likeness (QED) is 0.707. The van der Waals surface area contributed by atoms with Crippen molar-refractivity contribution in [1.29, 1.82) is 0 Å². The van der Waals surface area contributed by atoms with Crippen LogP contribution in [0, 0.1) is 12.8 Å². The minimum Gasteiger partial charge on any atom is -0.345 e. The normalized spacial score (nSPS) is 15.7. The summed E-state index contributed by atoms with van der Waals surface area (Å²) in [6.45, 7) is 7.33. The molecular weight excluding hydrogens is 362 g/mol. The van der Waals surface area contributed by atoms with Gasteiger partial charge in [-0.25, -0.2) is 4.98 Å². The van der Waals surface area contributed by atoms with Gasteiger partial charge < -0.3 is 14.8 Å². The SMILES string of the molecule is Cc1ncc(CN(CCN(C)C)C(=O)CC2CCN(Cc3ccccc3)CC2)[nH]1. The lowest BCUT2D eigenvalue weighted by Crippen LogP contribution is -2.39. The van der Waals surface area contributed by atoms with Crippen molar-refractivity contribution in [2.75, 3.05) is 40.3 Å². The van der Waals surface area contributed by atoms with Crippen LogP contribution in [0.15, 0.2) is 36.5 Å². The van der Waals surface area contributed by atoms with Crippen molar-refractivity contribution in [1.82, 2.24) is 24.7 Å². The van der Waals surface area contributed by atoms with Crippen molar-refractivity contribution in [2.24, 2.45) is 5.92 Å². The summed E-state index contributed by atoms with van der Waals surface area (Å²) in [4.78, 5) is 27.2. The van der Waals surface area contributed by atoms with Crippen LogP contribution in [0.2, 0.25) is 0 Å². The fraction of sp³-hybridized carbons (Fsp3) is 0.565. The fourth-order valence-electron chi connectivity index (χ4n) is 3.94. The maximum Gasteiger partial charge on any atom is 0.223 e. The van der Waals surface area contributed by atoms with E-state index in [4.69, 9.17) is 0 Å². The molecule has 2 heterocycles. The van der Waals surface area contributed by atoms with Crippen LogP contribution < -0.4 is 0 Å². The fourth-order valence-corrected chi connectivity index (χ4v) is 3.94. The molecule has 0 unspecified atom stereocenters. The van der Waals surface area contributed by atoms with Gasteiger partial charge in [0.05, 0.1) is 18.4 Å². The molecule has 1 amide bonds. The number of rotatable bonds is 9. The number of carbonyl (C=O) groups is 1. The van der Waals surface area contributed by atoms with Crippen molar-refractivity contribution in [2.45, 2.75) is 39.3 Å². The largest absolute Gasteiger partial charge is 0.345 e. The summed E-state index contributed by atoms with van der Waals surface area (Å²) in [5, 5.41) is 0. The second kappa shape index (κ2) is 10.6. The van der Waals surface area contributed by atoms with Gasteiger partial charge in [0.25, 0.3) is 0 Å². The molecule has 1 aromatic heterocycles. The molecule has 0 aliphatic carbocycles. The van der Waals surface area contributed by atoms with Crippen LogP contribution in [0.5, 0.6) is 0 Å². The van der Waals surface area contributed by atoms with Crippen molar-refractivity contribution in [3.63, 3.8) is 0 Å². The summed E-state index contributed by atoms with van der Waals surface area (Å²) >= 11 is 0. The Morgan fingerprint density at radius 1 is 1.17 bits per heavy atom. The molecule has 158 valence electrons. The van der Waals surface area contributed by atoms with E-state index in [1.807, 2.05) is 32.1 Å². The Bertz CT molecular complexity index is 750. The minimum absolute atomic E-state index is 0.264. The van der Waals surface area contributed by atoms with Crippen LogP contribution in [0.1, 0.15) is 36.3 Å². The van der Waals surface area contributed by atoms with Gasteiger partial charge in [0.15, 0.2) is 0 Å². The smallest absolute Gasteiger partial charge is 0.223 e. The minimum atomic E-state index is 0.264. The Balaban J connectivity index is 1.49. The van der Waals surface area contributed by atoms with Crippen LogP contribution in [-0.2, 0) is 17.9 Å². The molecule has 1 N–H and O–H groups in total. The molecule has 0 saturated carbocycles. The molecule has 1 aliphatic heterocycles. The molecule has 1 fully saturated rings. The Hall–Kier alpha value is -2.18. The second-order valence-electron chi connectivity index (χ2n) is 8.52. The Labute approximate surface area is 174 Å². The van der Waals surface area contributed by atoms with Crippen LogP contribution >= 0.6 is 0 Å². The van der Waals surface area contributed by atoms with Crippen molar-refractivity contribution in [3.05, 3.63) is 53.6 Å². The molecule has 29 heavy (non-hydrogen) atoms. The monoisotopic (exact) mass is 397 g/mol. The summed E-state index contributed by atoms with van der Waals surface area (Å²) in [5.74, 6) is 1.64. The highest BCUT2D eigenvalue weighted by molar-refractivity contribution is 5.76. The van der Waals surface area contributed by atoms with Crippen LogP contribution in [-0.4, -0.2) is 70.8 Å². The first-order valence-electron chi connectivity index (χ1n) is 10.7. The number of H-pyrrole nitrogens is 1. The molecule has 0 atom stereocenters. The lowest BCUT2D eigenvalue weighted by atomic mass is 9.92. The van der Waals surface area contributed by atoms with Gasteiger partial charge in [-0.1, -0.05) is 30.3 Å². The maximum atomic E-state index is 13.1. The average Bonchev–Trinajstić information content (AvgIpc) is 3.12. The van der Waals surface area contributed by atoms with Gasteiger partial charge in [0, 0.05) is 26.1 Å². The second-order valence-corrected chi connectivity index (χ2v) is 8.52. The molecule has 1 aliphatic rings. The van der Waals surface area contributed by atoms with E-state index >= 15 is 0 Å². The standard InChI is InChI=1S/C23H35N5O/c1-19-24-16-22(25-19)18-28(14-13-26(2)3)23(29)15-20-9-11-27(12-10-20)17-21-7-5-4-6-8-21/h4-8,16,20H,9-15,17-18H2,1-3H3,(H,24,25). The molecule has 6 heteroatoms. The van der Waals surface area contributed by atoms with E-state index in [0.717, 1.165) is 57.1 Å². The van der Waals surface area contributed by atoms with Gasteiger partial charge in [-0.15, -0.1) is 0 Å². The number of carbonyl (C=O) groups excluding carboxylic acids is 1. The first-order valence-corrected chi connectivity index (χ1v) is 10.7. The third-order valence-corrected chi connectivity index (χ3v) is 5.71. The number of aromatic nitrogens is 2. The summed E-state index contributed by atoms with van der Waals surface area (Å²) in [6, 6.07) is 10.6. The molecule has 3 rings (SSSR count). The number of hydrogen-bond acceptors (Lipinski definition) is 4. The predicted octanol–water partition coefficient (Wildman–Crippen LogP) is 2.91. The number of nitrogens with zero attached hydrogens (tertiary/aromatic N) is 4. The average molecular weight is 398 g/mol. The highest BCUT2D eigenvalue weighted by Crippen LogP contribution is 2.23. The van der Waals surface area contributed by atoms with Gasteiger partial charge in [-0.05, 0) is 58.4 Å². The number of aryl methyl sites for hydroxylation is 1. The highest BCUT2D eigenvalue weighted by atomic mass is 16.2. The zero-order valence-electron chi connectivity index (χ0n) is 18.1. The zero-order chi connectivity index (χ0) is 20.6. The van der Waals surface area contributed by atoms with E-state index in [1.165, 1.54) is 5.56 Å². The molecule has 0 bridgehead atoms. The Morgan fingerprint density at radius 2 is 1.90 bits per heavy atom. The van der Waals surface area contributed by atoms with Gasteiger partial charge >= 0.3 is 0 Å².